The second kappa shape index (κ2) is 8.50. The molecule has 1 aromatic carbocycles. The molecule has 3 aromatic rings. The zero-order valence-corrected chi connectivity index (χ0v) is 16.0. The lowest BCUT2D eigenvalue weighted by Crippen LogP contribution is -2.03. The van der Waals surface area contributed by atoms with Crippen LogP contribution in [0.3, 0.4) is 0 Å². The quantitative estimate of drug-likeness (QED) is 0.628. The molecule has 6 nitrogen and oxygen atoms in total. The summed E-state index contributed by atoms with van der Waals surface area (Å²) >= 11 is 11.4. The number of nitrogens with two attached hydrogens (primary N) is 1. The number of aromatic nitrogens is 3. The minimum atomic E-state index is -1.20. The van der Waals surface area contributed by atoms with Crippen molar-refractivity contribution in [2.45, 2.75) is 18.8 Å². The number of carbonyl (C=O) groups is 1. The molecule has 0 amide bonds. The number of benzene rings is 1. The van der Waals surface area contributed by atoms with E-state index < -0.39 is 11.8 Å². The van der Waals surface area contributed by atoms with Gasteiger partial charge in [-0.05, 0) is 36.6 Å². The summed E-state index contributed by atoms with van der Waals surface area (Å²) in [5.74, 6) is -0.0140. The number of anilines is 1. The molecule has 1 aliphatic rings. The normalized spacial score (nSPS) is 12.8. The standard InChI is InChI=1S/C12H7ClFNO2.C7H8ClN3/c13-8-3-1-7(2-4-8)10-5-9(14)6-15-11(10)12(16)17;8-5-3-10-7(4-1-2-4)11-6(5)9/h1-6H,(H,16,17);3-4H,1-2H2,(H2,9,10,11). The number of nitrogen functional groups attached to an aromatic ring is 1. The third kappa shape index (κ3) is 4.94. The monoisotopic (exact) mass is 420 g/mol. The number of nitrogens with zero attached hydrogens (tertiary/aromatic N) is 3. The molecule has 1 saturated carbocycles. The minimum absolute atomic E-state index is 0.186. The van der Waals surface area contributed by atoms with E-state index in [-0.39, 0.29) is 11.3 Å². The van der Waals surface area contributed by atoms with E-state index in [0.717, 1.165) is 18.1 Å². The van der Waals surface area contributed by atoms with Crippen molar-refractivity contribution in [1.29, 1.82) is 0 Å². The van der Waals surface area contributed by atoms with E-state index in [2.05, 4.69) is 15.0 Å². The van der Waals surface area contributed by atoms with E-state index in [1.807, 2.05) is 0 Å². The fourth-order valence-electron chi connectivity index (χ4n) is 2.39. The molecule has 2 heterocycles. The molecule has 2 aromatic heterocycles. The lowest BCUT2D eigenvalue weighted by Gasteiger charge is -2.05. The molecule has 0 radical (unpaired) electrons. The Kier molecular flexibility index (Phi) is 6.06. The van der Waals surface area contributed by atoms with Crippen LogP contribution in [0.15, 0.2) is 42.7 Å². The number of carboxylic acids is 1. The average Bonchev–Trinajstić information content (AvgIpc) is 3.50. The first-order chi connectivity index (χ1) is 13.3. The maximum atomic E-state index is 13.1. The van der Waals surface area contributed by atoms with E-state index in [9.17, 15) is 9.18 Å². The number of carboxylic acid groups (broad SMARTS) is 1. The Morgan fingerprint density at radius 3 is 2.39 bits per heavy atom. The van der Waals surface area contributed by atoms with Crippen LogP contribution in [0.2, 0.25) is 10.0 Å². The maximum absolute atomic E-state index is 13.1. The van der Waals surface area contributed by atoms with Crippen LogP contribution in [0.4, 0.5) is 10.2 Å². The number of aromatic carboxylic acids is 1. The molecule has 0 bridgehead atoms. The zero-order valence-electron chi connectivity index (χ0n) is 14.4. The van der Waals surface area contributed by atoms with E-state index in [1.165, 1.54) is 12.8 Å². The zero-order chi connectivity index (χ0) is 20.3. The van der Waals surface area contributed by atoms with Crippen molar-refractivity contribution in [3.8, 4) is 11.1 Å². The van der Waals surface area contributed by atoms with Crippen LogP contribution >= 0.6 is 23.2 Å². The van der Waals surface area contributed by atoms with E-state index >= 15 is 0 Å². The molecule has 0 atom stereocenters. The van der Waals surface area contributed by atoms with Gasteiger partial charge in [0.05, 0.1) is 12.4 Å². The van der Waals surface area contributed by atoms with Gasteiger partial charge in [0.15, 0.2) is 5.69 Å². The molecule has 0 unspecified atom stereocenters. The van der Waals surface area contributed by atoms with Gasteiger partial charge < -0.3 is 10.8 Å². The fourth-order valence-corrected chi connectivity index (χ4v) is 2.61. The Bertz CT molecular complexity index is 1010. The molecule has 1 fully saturated rings. The molecule has 144 valence electrons. The van der Waals surface area contributed by atoms with Crippen molar-refractivity contribution in [2.24, 2.45) is 0 Å². The van der Waals surface area contributed by atoms with E-state index in [4.69, 9.17) is 34.0 Å². The van der Waals surface area contributed by atoms with Gasteiger partial charge in [0.25, 0.3) is 0 Å². The minimum Gasteiger partial charge on any atom is -0.476 e. The van der Waals surface area contributed by atoms with E-state index in [1.54, 1.807) is 30.5 Å². The van der Waals surface area contributed by atoms with Crippen molar-refractivity contribution in [2.75, 3.05) is 5.73 Å². The molecule has 3 N–H and O–H groups in total. The first kappa shape index (κ1) is 20.0. The topological polar surface area (TPSA) is 102 Å². The molecule has 4 rings (SSSR count). The third-order valence-corrected chi connectivity index (χ3v) is 4.49. The van der Waals surface area contributed by atoms with Crippen LogP contribution in [0, 0.1) is 5.82 Å². The van der Waals surface area contributed by atoms with Gasteiger partial charge in [-0.3, -0.25) is 0 Å². The predicted octanol–water partition coefficient (Wildman–Crippen LogP) is 4.83. The second-order valence-electron chi connectivity index (χ2n) is 6.10. The Hall–Kier alpha value is -2.77. The van der Waals surface area contributed by atoms with Gasteiger partial charge in [0.2, 0.25) is 0 Å². The van der Waals surface area contributed by atoms with Gasteiger partial charge in [-0.2, -0.15) is 0 Å². The van der Waals surface area contributed by atoms with Crippen LogP contribution < -0.4 is 5.73 Å². The highest BCUT2D eigenvalue weighted by atomic mass is 35.5. The highest BCUT2D eigenvalue weighted by Gasteiger charge is 2.26. The third-order valence-electron chi connectivity index (χ3n) is 3.94. The van der Waals surface area contributed by atoms with Crippen LogP contribution in [0.1, 0.15) is 35.1 Å². The molecular weight excluding hydrogens is 406 g/mol. The molecule has 0 aliphatic heterocycles. The summed E-state index contributed by atoms with van der Waals surface area (Å²) in [4.78, 5) is 22.7. The van der Waals surface area contributed by atoms with Gasteiger partial charge in [0.1, 0.15) is 22.5 Å². The summed E-state index contributed by atoms with van der Waals surface area (Å²) in [6.45, 7) is 0. The van der Waals surface area contributed by atoms with Gasteiger partial charge in [0, 0.05) is 16.5 Å². The summed E-state index contributed by atoms with van der Waals surface area (Å²) in [7, 11) is 0. The lowest BCUT2D eigenvalue weighted by molar-refractivity contribution is 0.0691. The smallest absolute Gasteiger partial charge is 0.355 e. The number of pyridine rings is 1. The predicted molar refractivity (Wildman–Crippen MR) is 105 cm³/mol. The number of hydrogen-bond acceptors (Lipinski definition) is 5. The van der Waals surface area contributed by atoms with E-state index in [0.29, 0.717) is 27.3 Å². The van der Waals surface area contributed by atoms with Crippen molar-refractivity contribution in [3.05, 3.63) is 70.1 Å². The number of hydrogen-bond donors (Lipinski definition) is 2. The summed E-state index contributed by atoms with van der Waals surface area (Å²) in [6.07, 6.45) is 4.81. The molecule has 28 heavy (non-hydrogen) atoms. The Morgan fingerprint density at radius 1 is 1.14 bits per heavy atom. The number of rotatable bonds is 3. The highest BCUT2D eigenvalue weighted by Crippen LogP contribution is 2.38. The van der Waals surface area contributed by atoms with Gasteiger partial charge in [-0.1, -0.05) is 35.3 Å². The summed E-state index contributed by atoms with van der Waals surface area (Å²) in [5, 5.41) is 9.92. The number of halogens is 3. The molecule has 0 spiro atoms. The molecular formula is C19H15Cl2FN4O2. The highest BCUT2D eigenvalue weighted by molar-refractivity contribution is 6.32. The largest absolute Gasteiger partial charge is 0.476 e. The Balaban J connectivity index is 0.000000176. The Labute approximate surface area is 170 Å². The second-order valence-corrected chi connectivity index (χ2v) is 6.94. The van der Waals surface area contributed by atoms with Crippen molar-refractivity contribution >= 4 is 35.0 Å². The maximum Gasteiger partial charge on any atom is 0.355 e. The van der Waals surface area contributed by atoms with Gasteiger partial charge in [-0.15, -0.1) is 0 Å². The fraction of sp³-hybridized carbons (Fsp3) is 0.158. The molecule has 9 heteroatoms. The average molecular weight is 421 g/mol. The molecule has 0 saturated heterocycles. The van der Waals surface area contributed by atoms with Crippen LogP contribution in [-0.2, 0) is 0 Å². The first-order valence-corrected chi connectivity index (χ1v) is 9.03. The van der Waals surface area contributed by atoms with Crippen molar-refractivity contribution in [1.82, 2.24) is 15.0 Å². The first-order valence-electron chi connectivity index (χ1n) is 8.28. The van der Waals surface area contributed by atoms with Crippen LogP contribution in [0.5, 0.6) is 0 Å². The van der Waals surface area contributed by atoms with Gasteiger partial charge in [-0.25, -0.2) is 24.1 Å². The summed E-state index contributed by atoms with van der Waals surface area (Å²) in [6, 6.07) is 7.58. The molecule has 1 aliphatic carbocycles. The van der Waals surface area contributed by atoms with Crippen molar-refractivity contribution in [3.63, 3.8) is 0 Å². The summed E-state index contributed by atoms with van der Waals surface area (Å²) in [5.41, 5.74) is 6.10. The SMILES string of the molecule is Nc1nc(C2CC2)ncc1Cl.O=C(O)c1ncc(F)cc1-c1ccc(Cl)cc1. The van der Waals surface area contributed by atoms with Crippen LogP contribution in [-0.4, -0.2) is 26.0 Å². The van der Waals surface area contributed by atoms with Crippen molar-refractivity contribution < 1.29 is 14.3 Å². The Morgan fingerprint density at radius 2 is 1.82 bits per heavy atom. The summed E-state index contributed by atoms with van der Waals surface area (Å²) < 4.78 is 13.1. The van der Waals surface area contributed by atoms with Gasteiger partial charge >= 0.3 is 5.97 Å². The lowest BCUT2D eigenvalue weighted by atomic mass is 10.0. The van der Waals surface area contributed by atoms with Crippen LogP contribution in [0.25, 0.3) is 11.1 Å².